The quantitative estimate of drug-likeness (QED) is 0.0161. The monoisotopic (exact) mass is 1990 g/mol. The molecule has 4 saturated carbocycles. The Morgan fingerprint density at radius 1 is 0.351 bits per heavy atom. The number of nitrogens with zero attached hydrogens (tertiary/aromatic N) is 8. The summed E-state index contributed by atoms with van der Waals surface area (Å²) in [6.07, 6.45) is 9.55. The van der Waals surface area contributed by atoms with E-state index in [9.17, 15) is 38.2 Å². The van der Waals surface area contributed by atoms with Crippen LogP contribution in [-0.4, -0.2) is 106 Å². The molecule has 0 radical (unpaired) electrons. The van der Waals surface area contributed by atoms with E-state index in [2.05, 4.69) is 126 Å². The summed E-state index contributed by atoms with van der Waals surface area (Å²) in [4.78, 5) is 53.5. The first kappa shape index (κ1) is 104. The number of aromatic nitrogens is 8. The number of aryl methyl sites for hydroxylation is 6. The Kier molecular flexibility index (Phi) is 33.7. The number of ether oxygens (including phenoxy) is 2. The Hall–Kier alpha value is -15.7. The highest BCUT2D eigenvalue weighted by molar-refractivity contribution is 6.06. The molecule has 4 amide bonds. The van der Waals surface area contributed by atoms with Crippen molar-refractivity contribution in [2.24, 2.45) is 46.6 Å². The second kappa shape index (κ2) is 48.1. The normalized spacial score (nSPS) is 13.9. The van der Waals surface area contributed by atoms with Crippen molar-refractivity contribution in [3.63, 3.8) is 0 Å². The maximum Gasteiger partial charge on any atom is 0.274 e. The number of aromatic hydroxyl groups is 2. The summed E-state index contributed by atoms with van der Waals surface area (Å²) in [5.74, 6) is 1.13. The highest BCUT2D eigenvalue weighted by atomic mass is 19.1. The van der Waals surface area contributed by atoms with E-state index in [0.29, 0.717) is 107 Å². The third kappa shape index (κ3) is 27.1. The number of phenols is 2. The van der Waals surface area contributed by atoms with Crippen molar-refractivity contribution in [3.05, 3.63) is 432 Å². The number of hydrogen-bond acceptors (Lipinski definition) is 19. The van der Waals surface area contributed by atoms with Gasteiger partial charge in [0.25, 0.3) is 23.6 Å². The van der Waals surface area contributed by atoms with Gasteiger partial charge in [0.05, 0.1) is 88.7 Å². The lowest BCUT2D eigenvalue weighted by atomic mass is 9.96. The van der Waals surface area contributed by atoms with Gasteiger partial charge in [-0.3, -0.25) is 19.2 Å². The molecule has 760 valence electrons. The molecule has 4 heterocycles. The molecule has 29 heteroatoms. The summed E-state index contributed by atoms with van der Waals surface area (Å²) >= 11 is 0. The lowest BCUT2D eigenvalue weighted by Crippen LogP contribution is -2.25. The number of methoxy groups -OCH3 is 1. The number of amides is 4. The molecule has 148 heavy (non-hydrogen) atoms. The van der Waals surface area contributed by atoms with E-state index in [1.165, 1.54) is 86.8 Å². The molecule has 16 aromatic rings. The maximum absolute atomic E-state index is 15.0. The first-order valence-corrected chi connectivity index (χ1v) is 50.4. The Morgan fingerprint density at radius 2 is 0.689 bits per heavy atom. The molecule has 4 aromatic heterocycles. The van der Waals surface area contributed by atoms with Crippen molar-refractivity contribution in [1.82, 2.24) is 55.1 Å². The number of benzene rings is 12. The fourth-order valence-electron chi connectivity index (χ4n) is 17.7. The van der Waals surface area contributed by atoms with E-state index in [-0.39, 0.29) is 58.9 Å². The van der Waals surface area contributed by atoms with Gasteiger partial charge >= 0.3 is 0 Å². The third-order valence-electron chi connectivity index (χ3n) is 26.5. The summed E-state index contributed by atoms with van der Waals surface area (Å²) in [5.41, 5.74) is 45.7. The van der Waals surface area contributed by atoms with Crippen LogP contribution in [0, 0.1) is 76.8 Å². The lowest BCUT2D eigenvalue weighted by Gasteiger charge is -2.22. The molecule has 4 unspecified atom stereocenters. The van der Waals surface area contributed by atoms with Crippen LogP contribution in [0.3, 0.4) is 0 Å². The number of carbonyl (C=O) groups excluding carboxylic acids is 4. The molecule has 27 nitrogen and oxygen atoms in total. The molecule has 4 aliphatic carbocycles. The number of phenolic OH excluding ortho intramolecular Hbond substituents is 2. The molecular formula is C119H127F2N19O8. The predicted octanol–water partition coefficient (Wildman–Crippen LogP) is 20.7. The van der Waals surface area contributed by atoms with Gasteiger partial charge in [-0.1, -0.05) is 157 Å². The van der Waals surface area contributed by atoms with Gasteiger partial charge in [0, 0.05) is 43.1 Å². The van der Waals surface area contributed by atoms with Gasteiger partial charge in [-0.15, -0.1) is 0 Å². The molecule has 0 aliphatic heterocycles. The van der Waals surface area contributed by atoms with Crippen molar-refractivity contribution >= 4 is 46.4 Å². The second-order valence-corrected chi connectivity index (χ2v) is 38.7. The zero-order valence-corrected chi connectivity index (χ0v) is 84.2. The van der Waals surface area contributed by atoms with Crippen LogP contribution in [0.15, 0.2) is 297 Å². The van der Waals surface area contributed by atoms with Crippen LogP contribution < -0.4 is 64.9 Å². The molecule has 4 fully saturated rings. The van der Waals surface area contributed by atoms with E-state index in [1.54, 1.807) is 80.4 Å². The van der Waals surface area contributed by atoms with Gasteiger partial charge < -0.3 is 79.8 Å². The summed E-state index contributed by atoms with van der Waals surface area (Å²) in [6, 6.07) is 91.1. The fraction of sp³-hybridized carbons (Fsp3) is 0.261. The minimum Gasteiger partial charge on any atom is -0.508 e. The second-order valence-electron chi connectivity index (χ2n) is 38.7. The highest BCUT2D eigenvalue weighted by Gasteiger charge is 2.32. The van der Waals surface area contributed by atoms with Gasteiger partial charge in [0.2, 0.25) is 0 Å². The summed E-state index contributed by atoms with van der Waals surface area (Å²) in [7, 11) is 1.63. The van der Waals surface area contributed by atoms with Crippen molar-refractivity contribution < 1.29 is 47.6 Å². The summed E-state index contributed by atoms with van der Waals surface area (Å²) in [5, 5.41) is 61.1. The maximum atomic E-state index is 15.0. The standard InChI is InChI=1S/C30H32FN5O2.C30H32FN5O.C30H32N4O2.C29H31N5O3/c1-19-13-28(36(35-19)24-7-3-5-21(14-24)17-32)30(37)34-27-16-23(11-12-26(27)31)29(33-18-20-9-10-20)22-6-4-8-25(15-22)38-2;1-19-6-10-23(11-7-19)29(33-18-21-8-9-21)24-12-13-26(31)27(16-24)34-30(37)28-14-20(2)35-36(28)25-5-3-4-22(15-25)17-32;1-20-9-13-24(14-10-20)29(36-19-22-11-12-22)25-6-4-7-26(17-25)32-30(35)28-15-21(2)33-34(28)27-8-3-5-23(16-27)18-31;1-18-12-26(34(33-18)23-7-2-4-20(13-23)16-30)29(37)32-22-6-3-5-21(14-22)28(31-17-19-8-9-19)25-15-24(35)10-11-27(25)36/h3-8,11-16,20,29,33H,9-10,17-18,32H2,1-2H3,(H,34,37);3-7,10-16,21,29,33H,8-9,17-18,32H2,1-2H3,(H,34,37);3-10,13-17,22,29H,11-12,18-19,31H2,1-2H3,(H,32,35);2-7,10-15,19,28,31,35-36H,8-9,16-17,30H2,1H3,(H,32,37). The molecule has 4 aliphatic rings. The largest absolute Gasteiger partial charge is 0.508 e. The van der Waals surface area contributed by atoms with Crippen molar-refractivity contribution in [2.45, 2.75) is 143 Å². The van der Waals surface area contributed by atoms with Crippen LogP contribution in [0.1, 0.15) is 218 Å². The molecule has 17 N–H and O–H groups in total. The van der Waals surface area contributed by atoms with Crippen LogP contribution in [-0.2, 0) is 30.9 Å². The average Bonchev–Trinajstić information content (AvgIpc) is 1.58. The van der Waals surface area contributed by atoms with Gasteiger partial charge in [-0.05, 0) is 349 Å². The van der Waals surface area contributed by atoms with Crippen LogP contribution in [0.4, 0.5) is 31.5 Å². The van der Waals surface area contributed by atoms with Crippen molar-refractivity contribution in [3.8, 4) is 40.0 Å². The number of anilines is 4. The number of rotatable bonds is 37. The number of halogens is 2. The predicted molar refractivity (Wildman–Crippen MR) is 576 cm³/mol. The third-order valence-corrected chi connectivity index (χ3v) is 26.5. The molecule has 0 bridgehead atoms. The van der Waals surface area contributed by atoms with E-state index >= 15 is 0 Å². The summed E-state index contributed by atoms with van der Waals surface area (Å²) in [6.45, 7) is 16.4. The molecule has 0 spiro atoms. The Balaban J connectivity index is 0.000000135. The summed E-state index contributed by atoms with van der Waals surface area (Å²) < 4.78 is 48.2. The zero-order chi connectivity index (χ0) is 104. The van der Waals surface area contributed by atoms with Crippen molar-refractivity contribution in [2.75, 3.05) is 54.6 Å². The van der Waals surface area contributed by atoms with E-state index in [0.717, 1.165) is 122 Å². The molecule has 20 rings (SSSR count). The minimum atomic E-state index is -0.512. The molecule has 0 saturated heterocycles. The lowest BCUT2D eigenvalue weighted by molar-refractivity contribution is 0.0718. The van der Waals surface area contributed by atoms with Gasteiger partial charge in [0.15, 0.2) is 0 Å². The van der Waals surface area contributed by atoms with Gasteiger partial charge in [-0.25, -0.2) is 27.5 Å². The molecule has 4 atom stereocenters. The molecular weight excluding hydrogens is 1860 g/mol. The smallest absolute Gasteiger partial charge is 0.274 e. The van der Waals surface area contributed by atoms with Gasteiger partial charge in [-0.2, -0.15) is 20.4 Å². The van der Waals surface area contributed by atoms with Crippen LogP contribution >= 0.6 is 0 Å². The van der Waals surface area contributed by atoms with Crippen LogP contribution in [0.25, 0.3) is 22.7 Å². The van der Waals surface area contributed by atoms with E-state index < -0.39 is 23.4 Å². The Labute approximate surface area is 860 Å². The number of nitrogens with one attached hydrogen (secondary N) is 7. The Morgan fingerprint density at radius 3 is 1.08 bits per heavy atom. The minimum absolute atomic E-state index is 0.0813. The highest BCUT2D eigenvalue weighted by Crippen LogP contribution is 2.41. The Bertz CT molecular complexity index is 7370. The number of carbonyl (C=O) groups is 4. The van der Waals surface area contributed by atoms with Gasteiger partial charge in [0.1, 0.15) is 57.8 Å². The fourth-order valence-corrected chi connectivity index (χ4v) is 17.7. The number of hydrogen-bond donors (Lipinski definition) is 13. The van der Waals surface area contributed by atoms with E-state index in [1.807, 2.05) is 191 Å². The van der Waals surface area contributed by atoms with Crippen LogP contribution in [0.2, 0.25) is 0 Å². The van der Waals surface area contributed by atoms with E-state index in [4.69, 9.17) is 32.4 Å². The average molecular weight is 1990 g/mol. The van der Waals surface area contributed by atoms with Crippen molar-refractivity contribution in [1.29, 1.82) is 0 Å². The zero-order valence-electron chi connectivity index (χ0n) is 84.2. The van der Waals surface area contributed by atoms with Crippen LogP contribution in [0.5, 0.6) is 17.2 Å². The number of nitrogens with two attached hydrogens (primary N) is 4. The SMILES string of the molecule is COc1cccc(C(NCC2CC2)c2ccc(F)c(NC(=O)c3cc(C)nn3-c3cccc(CN)c3)c2)c1.Cc1cc(C(=O)Nc2cccc(C(NCC3CC3)c3cc(O)ccc3O)c2)n(-c2cccc(CN)c2)n1.Cc1ccc(C(NCC2CC2)c2ccc(F)c(NC(=O)c3cc(C)nn3-c3cccc(CN)c3)c2)cc1.Cc1ccc(C(OCC2CC2)c2cccc(NC(=O)c3cc(C)nn3-c3cccc(CN)c3)c2)cc1. The molecule has 12 aromatic carbocycles. The topological polar surface area (TPSA) is 387 Å². The first-order chi connectivity index (χ1) is 71.8. The first-order valence-electron chi connectivity index (χ1n) is 50.4.